The summed E-state index contributed by atoms with van der Waals surface area (Å²) in [7, 11) is 0. The monoisotopic (exact) mass is 284 g/mol. The number of ether oxygens (including phenoxy) is 1. The maximum Gasteiger partial charge on any atom is 0.315 e. The number of carbonyl (C=O) groups excluding carboxylic acids is 1. The minimum atomic E-state index is -0.299. The van der Waals surface area contributed by atoms with Crippen molar-refractivity contribution in [3.05, 3.63) is 28.8 Å². The summed E-state index contributed by atoms with van der Waals surface area (Å²) >= 11 is 6.11. The average Bonchev–Trinajstić information content (AvgIpc) is 2.60. The zero-order valence-electron chi connectivity index (χ0n) is 10.5. The summed E-state index contributed by atoms with van der Waals surface area (Å²) in [6.45, 7) is 0.744. The smallest absolute Gasteiger partial charge is 0.315 e. The fourth-order valence-electron chi connectivity index (χ4n) is 2.10. The van der Waals surface area contributed by atoms with Crippen molar-refractivity contribution in [3.8, 4) is 5.75 Å². The predicted octanol–water partition coefficient (Wildman–Crippen LogP) is 1.85. The molecule has 0 spiro atoms. The molecule has 1 aliphatic heterocycles. The number of halogens is 1. The maximum absolute atomic E-state index is 11.7. The molecule has 2 rings (SSSR count). The number of para-hydroxylation sites is 1. The quantitative estimate of drug-likeness (QED) is 0.793. The third-order valence-electron chi connectivity index (χ3n) is 2.96. The van der Waals surface area contributed by atoms with Gasteiger partial charge in [0, 0.05) is 12.1 Å². The Balaban J connectivity index is 2.13. The summed E-state index contributed by atoms with van der Waals surface area (Å²) in [6.07, 6.45) is 1.63. The lowest BCUT2D eigenvalue weighted by atomic mass is 10.0. The summed E-state index contributed by atoms with van der Waals surface area (Å²) < 4.78 is 5.63. The summed E-state index contributed by atoms with van der Waals surface area (Å²) in [4.78, 5) is 11.7. The Kier molecular flexibility index (Phi) is 4.87. The Labute approximate surface area is 116 Å². The van der Waals surface area contributed by atoms with Crippen LogP contribution in [0.4, 0.5) is 4.79 Å². The number of hydrogen-bond acceptors (Lipinski definition) is 3. The van der Waals surface area contributed by atoms with Gasteiger partial charge in [0.05, 0.1) is 24.3 Å². The minimum Gasteiger partial charge on any atom is -0.492 e. The number of carbonyl (C=O) groups is 1. The number of aliphatic hydroxyl groups is 1. The van der Waals surface area contributed by atoms with E-state index >= 15 is 0 Å². The van der Waals surface area contributed by atoms with Crippen LogP contribution in [-0.2, 0) is 0 Å². The molecule has 2 amide bonds. The Morgan fingerprint density at radius 2 is 2.37 bits per heavy atom. The fourth-order valence-corrected chi connectivity index (χ4v) is 2.33. The molecule has 3 N–H and O–H groups in total. The number of fused-ring (bicyclic) bond motifs is 1. The largest absolute Gasteiger partial charge is 0.492 e. The third-order valence-corrected chi connectivity index (χ3v) is 3.26. The van der Waals surface area contributed by atoms with Crippen LogP contribution in [0.25, 0.3) is 0 Å². The SMILES string of the molecule is O=C(NCCO)NC1CCCOc2c(Cl)cccc21. The van der Waals surface area contributed by atoms with Crippen molar-refractivity contribution in [1.82, 2.24) is 10.6 Å². The predicted molar refractivity (Wildman–Crippen MR) is 72.5 cm³/mol. The molecular formula is C13H17ClN2O3. The Morgan fingerprint density at radius 1 is 1.53 bits per heavy atom. The topological polar surface area (TPSA) is 70.6 Å². The number of hydrogen-bond donors (Lipinski definition) is 3. The van der Waals surface area contributed by atoms with Crippen LogP contribution in [0.2, 0.25) is 5.02 Å². The van der Waals surface area contributed by atoms with E-state index in [1.54, 1.807) is 6.07 Å². The van der Waals surface area contributed by atoms with E-state index in [4.69, 9.17) is 21.4 Å². The van der Waals surface area contributed by atoms with Gasteiger partial charge in [0.1, 0.15) is 5.75 Å². The van der Waals surface area contributed by atoms with Gasteiger partial charge in [-0.1, -0.05) is 23.7 Å². The van der Waals surface area contributed by atoms with Crippen LogP contribution in [0.5, 0.6) is 5.75 Å². The van der Waals surface area contributed by atoms with Gasteiger partial charge in [0.2, 0.25) is 0 Å². The van der Waals surface area contributed by atoms with E-state index in [0.29, 0.717) is 17.4 Å². The zero-order valence-corrected chi connectivity index (χ0v) is 11.2. The van der Waals surface area contributed by atoms with Crippen molar-refractivity contribution >= 4 is 17.6 Å². The van der Waals surface area contributed by atoms with Gasteiger partial charge in [-0.15, -0.1) is 0 Å². The average molecular weight is 285 g/mol. The molecule has 1 atom stereocenters. The minimum absolute atomic E-state index is 0.0797. The molecule has 6 heteroatoms. The molecule has 0 radical (unpaired) electrons. The van der Waals surface area contributed by atoms with Gasteiger partial charge in [-0.25, -0.2) is 4.79 Å². The number of aliphatic hydroxyl groups excluding tert-OH is 1. The molecule has 0 aliphatic carbocycles. The van der Waals surface area contributed by atoms with Crippen LogP contribution in [0.1, 0.15) is 24.4 Å². The molecule has 0 fully saturated rings. The summed E-state index contributed by atoms with van der Waals surface area (Å²) in [6, 6.07) is 5.09. The molecule has 1 unspecified atom stereocenters. The number of nitrogens with one attached hydrogen (secondary N) is 2. The van der Waals surface area contributed by atoms with E-state index < -0.39 is 0 Å². The van der Waals surface area contributed by atoms with E-state index in [9.17, 15) is 4.79 Å². The fraction of sp³-hybridized carbons (Fsp3) is 0.462. The van der Waals surface area contributed by atoms with Crippen LogP contribution < -0.4 is 15.4 Å². The van der Waals surface area contributed by atoms with Gasteiger partial charge in [-0.2, -0.15) is 0 Å². The van der Waals surface area contributed by atoms with Crippen molar-refractivity contribution in [3.63, 3.8) is 0 Å². The van der Waals surface area contributed by atoms with E-state index in [0.717, 1.165) is 18.4 Å². The van der Waals surface area contributed by atoms with Gasteiger partial charge in [0.25, 0.3) is 0 Å². The highest BCUT2D eigenvalue weighted by Gasteiger charge is 2.22. The van der Waals surface area contributed by atoms with E-state index in [-0.39, 0.29) is 25.2 Å². The number of benzene rings is 1. The second kappa shape index (κ2) is 6.63. The normalized spacial score (nSPS) is 17.9. The summed E-state index contributed by atoms with van der Waals surface area (Å²) in [5.41, 5.74) is 0.893. The highest BCUT2D eigenvalue weighted by molar-refractivity contribution is 6.32. The first-order valence-corrected chi connectivity index (χ1v) is 6.66. The molecule has 104 valence electrons. The van der Waals surface area contributed by atoms with Crippen molar-refractivity contribution in [2.75, 3.05) is 19.8 Å². The second-order valence-electron chi connectivity index (χ2n) is 4.33. The number of amides is 2. The standard InChI is InChI=1S/C13H17ClN2O3/c14-10-4-1-3-9-11(5-2-8-19-12(9)10)16-13(18)15-6-7-17/h1,3-4,11,17H,2,5-8H2,(H2,15,16,18). The van der Waals surface area contributed by atoms with Crippen molar-refractivity contribution in [2.24, 2.45) is 0 Å². The lowest BCUT2D eigenvalue weighted by Crippen LogP contribution is -2.39. The molecule has 1 aromatic rings. The van der Waals surface area contributed by atoms with Crippen LogP contribution >= 0.6 is 11.6 Å². The first kappa shape index (κ1) is 14.0. The molecule has 0 bridgehead atoms. The van der Waals surface area contributed by atoms with Crippen LogP contribution in [0, 0.1) is 0 Å². The van der Waals surface area contributed by atoms with Crippen molar-refractivity contribution in [1.29, 1.82) is 0 Å². The lowest BCUT2D eigenvalue weighted by Gasteiger charge is -2.19. The second-order valence-corrected chi connectivity index (χ2v) is 4.73. The van der Waals surface area contributed by atoms with Gasteiger partial charge >= 0.3 is 6.03 Å². The maximum atomic E-state index is 11.7. The lowest BCUT2D eigenvalue weighted by molar-refractivity contribution is 0.230. The van der Waals surface area contributed by atoms with Gasteiger partial charge < -0.3 is 20.5 Å². The molecule has 19 heavy (non-hydrogen) atoms. The molecule has 0 saturated carbocycles. The first-order chi connectivity index (χ1) is 9.22. The Hall–Kier alpha value is -1.46. The number of rotatable bonds is 3. The van der Waals surface area contributed by atoms with Crippen LogP contribution in [0.3, 0.4) is 0 Å². The molecule has 1 heterocycles. The Bertz CT molecular complexity index is 454. The highest BCUT2D eigenvalue weighted by Crippen LogP contribution is 2.36. The highest BCUT2D eigenvalue weighted by atomic mass is 35.5. The molecule has 1 aliphatic rings. The summed E-state index contributed by atoms with van der Waals surface area (Å²) in [5.74, 6) is 0.647. The van der Waals surface area contributed by atoms with E-state index in [1.165, 1.54) is 0 Å². The molecular weight excluding hydrogens is 268 g/mol. The van der Waals surface area contributed by atoms with Gasteiger partial charge in [-0.05, 0) is 18.9 Å². The van der Waals surface area contributed by atoms with Crippen molar-refractivity contribution in [2.45, 2.75) is 18.9 Å². The molecule has 1 aromatic carbocycles. The number of urea groups is 1. The van der Waals surface area contributed by atoms with Crippen LogP contribution in [0.15, 0.2) is 18.2 Å². The Morgan fingerprint density at radius 3 is 3.16 bits per heavy atom. The molecule has 5 nitrogen and oxygen atoms in total. The first-order valence-electron chi connectivity index (χ1n) is 6.29. The third kappa shape index (κ3) is 3.52. The van der Waals surface area contributed by atoms with Crippen LogP contribution in [-0.4, -0.2) is 30.9 Å². The van der Waals surface area contributed by atoms with Gasteiger partial charge in [-0.3, -0.25) is 0 Å². The molecule has 0 aromatic heterocycles. The summed E-state index contributed by atoms with van der Waals surface area (Å²) in [5, 5.41) is 14.7. The van der Waals surface area contributed by atoms with Gasteiger partial charge in [0.15, 0.2) is 0 Å². The molecule has 0 saturated heterocycles. The van der Waals surface area contributed by atoms with E-state index in [1.807, 2.05) is 12.1 Å². The zero-order chi connectivity index (χ0) is 13.7. The van der Waals surface area contributed by atoms with E-state index in [2.05, 4.69) is 10.6 Å². The van der Waals surface area contributed by atoms with Crippen molar-refractivity contribution < 1.29 is 14.6 Å².